The van der Waals surface area contributed by atoms with E-state index in [0.29, 0.717) is 6.54 Å². The van der Waals surface area contributed by atoms with Gasteiger partial charge in [-0.15, -0.1) is 0 Å². The molecule has 5 heteroatoms. The Hall–Kier alpha value is -2.53. The summed E-state index contributed by atoms with van der Waals surface area (Å²) in [6.07, 6.45) is 0. The zero-order valence-corrected chi connectivity index (χ0v) is 18.2. The van der Waals surface area contributed by atoms with E-state index in [1.165, 1.54) is 16.9 Å². The zero-order valence-electron chi connectivity index (χ0n) is 18.2. The van der Waals surface area contributed by atoms with Gasteiger partial charge < -0.3 is 20.0 Å². The summed E-state index contributed by atoms with van der Waals surface area (Å²) in [4.78, 5) is 18.3. The van der Waals surface area contributed by atoms with Crippen molar-refractivity contribution >= 4 is 17.3 Å². The lowest BCUT2D eigenvalue weighted by molar-refractivity contribution is -0.931. The van der Waals surface area contributed by atoms with Gasteiger partial charge in [0.1, 0.15) is 6.04 Å². The minimum atomic E-state index is 0.0108. The zero-order chi connectivity index (χ0) is 20.8. The van der Waals surface area contributed by atoms with E-state index >= 15 is 0 Å². The van der Waals surface area contributed by atoms with Crippen LogP contribution in [-0.4, -0.2) is 52.7 Å². The molecule has 1 amide bonds. The number of piperazine rings is 1. The highest BCUT2D eigenvalue weighted by Crippen LogP contribution is 2.18. The molecule has 0 spiro atoms. The summed E-state index contributed by atoms with van der Waals surface area (Å²) in [5.41, 5.74) is 3.79. The van der Waals surface area contributed by atoms with E-state index in [0.717, 1.165) is 26.2 Å². The fraction of sp³-hybridized carbons (Fsp3) is 0.458. The Bertz CT molecular complexity index is 765. The number of carbonyl (C=O) groups is 1. The minimum Gasteiger partial charge on any atom is -0.378 e. The molecule has 0 radical (unpaired) electrons. The number of benzene rings is 2. The molecule has 1 heterocycles. The number of hydrogen-bond acceptors (Lipinski definition) is 3. The lowest BCUT2D eigenvalue weighted by Crippen LogP contribution is -3.15. The van der Waals surface area contributed by atoms with Crippen molar-refractivity contribution in [3.63, 3.8) is 0 Å². The largest absolute Gasteiger partial charge is 0.378 e. The third-order valence-electron chi connectivity index (χ3n) is 5.84. The molecule has 156 valence electrons. The van der Waals surface area contributed by atoms with Gasteiger partial charge in [0, 0.05) is 37.0 Å². The molecule has 1 atom stereocenters. The smallest absolute Gasteiger partial charge is 0.222 e. The second-order valence-electron chi connectivity index (χ2n) is 8.42. The van der Waals surface area contributed by atoms with Crippen LogP contribution in [0.15, 0.2) is 54.6 Å². The van der Waals surface area contributed by atoms with E-state index in [-0.39, 0.29) is 17.9 Å². The van der Waals surface area contributed by atoms with E-state index in [2.05, 4.69) is 83.8 Å². The number of para-hydroxylation sites is 1. The number of rotatable bonds is 7. The van der Waals surface area contributed by atoms with Gasteiger partial charge in [-0.1, -0.05) is 44.2 Å². The number of quaternary nitrogens is 1. The first-order chi connectivity index (χ1) is 14.0. The van der Waals surface area contributed by atoms with Gasteiger partial charge in [-0.3, -0.25) is 4.79 Å². The SMILES string of the molecule is CC(C)C(=O)NC[C@@H](c1ccc(N(C)C)cc1)[NH+]1CCN(c2ccccc2)CC1. The minimum absolute atomic E-state index is 0.0108. The molecule has 1 fully saturated rings. The van der Waals surface area contributed by atoms with Crippen LogP contribution in [0.4, 0.5) is 11.4 Å². The van der Waals surface area contributed by atoms with Crippen LogP contribution >= 0.6 is 0 Å². The molecule has 2 aromatic rings. The standard InChI is InChI=1S/C24H34N4O/c1-19(2)24(29)25-18-23(20-10-12-21(13-11-20)26(3)4)28-16-14-27(15-17-28)22-8-6-5-7-9-22/h5-13,19,23H,14-18H2,1-4H3,(H,25,29)/p+1/t23-/m0/s1. The van der Waals surface area contributed by atoms with Crippen molar-refractivity contribution < 1.29 is 9.69 Å². The molecule has 5 nitrogen and oxygen atoms in total. The second kappa shape index (κ2) is 9.79. The molecular formula is C24H35N4O+. The molecule has 2 aromatic carbocycles. The maximum atomic E-state index is 12.2. The Labute approximate surface area is 175 Å². The Morgan fingerprint density at radius 3 is 2.21 bits per heavy atom. The molecule has 1 aliphatic rings. The predicted molar refractivity (Wildman–Crippen MR) is 121 cm³/mol. The first kappa shape index (κ1) is 21.2. The molecular weight excluding hydrogens is 360 g/mol. The van der Waals surface area contributed by atoms with Gasteiger partial charge in [-0.05, 0) is 24.3 Å². The van der Waals surface area contributed by atoms with Crippen molar-refractivity contribution in [3.8, 4) is 0 Å². The average Bonchev–Trinajstić information content (AvgIpc) is 2.75. The number of nitrogens with zero attached hydrogens (tertiary/aromatic N) is 2. The Morgan fingerprint density at radius 1 is 1.03 bits per heavy atom. The summed E-state index contributed by atoms with van der Waals surface area (Å²) in [6, 6.07) is 19.7. The highest BCUT2D eigenvalue weighted by atomic mass is 16.1. The summed E-state index contributed by atoms with van der Waals surface area (Å²) < 4.78 is 0. The van der Waals surface area contributed by atoms with Crippen molar-refractivity contribution in [1.29, 1.82) is 0 Å². The Kier molecular flexibility index (Phi) is 7.15. The number of carbonyl (C=O) groups excluding carboxylic acids is 1. The Balaban J connectivity index is 1.71. The van der Waals surface area contributed by atoms with Crippen molar-refractivity contribution in [2.24, 2.45) is 5.92 Å². The van der Waals surface area contributed by atoms with Gasteiger partial charge in [-0.25, -0.2) is 0 Å². The highest BCUT2D eigenvalue weighted by Gasteiger charge is 2.29. The van der Waals surface area contributed by atoms with Gasteiger partial charge in [-0.2, -0.15) is 0 Å². The van der Waals surface area contributed by atoms with Gasteiger partial charge in [0.15, 0.2) is 0 Å². The molecule has 29 heavy (non-hydrogen) atoms. The van der Waals surface area contributed by atoms with Gasteiger partial charge in [0.25, 0.3) is 0 Å². The lowest BCUT2D eigenvalue weighted by Gasteiger charge is -2.38. The van der Waals surface area contributed by atoms with Crippen LogP contribution in [0, 0.1) is 5.92 Å². The molecule has 2 N–H and O–H groups in total. The number of anilines is 2. The average molecular weight is 396 g/mol. The van der Waals surface area contributed by atoms with E-state index in [9.17, 15) is 4.79 Å². The maximum Gasteiger partial charge on any atom is 0.222 e. The molecule has 0 aromatic heterocycles. The number of nitrogens with one attached hydrogen (secondary N) is 2. The van der Waals surface area contributed by atoms with Gasteiger partial charge >= 0.3 is 0 Å². The fourth-order valence-corrected chi connectivity index (χ4v) is 3.95. The molecule has 0 saturated carbocycles. The first-order valence-corrected chi connectivity index (χ1v) is 10.6. The predicted octanol–water partition coefficient (Wildman–Crippen LogP) is 1.97. The van der Waals surface area contributed by atoms with Crippen LogP contribution in [0.5, 0.6) is 0 Å². The molecule has 1 saturated heterocycles. The normalized spacial score (nSPS) is 16.0. The van der Waals surface area contributed by atoms with Crippen LogP contribution in [0.2, 0.25) is 0 Å². The summed E-state index contributed by atoms with van der Waals surface area (Å²) in [7, 11) is 4.12. The summed E-state index contributed by atoms with van der Waals surface area (Å²) >= 11 is 0. The van der Waals surface area contributed by atoms with Crippen molar-refractivity contribution in [1.82, 2.24) is 5.32 Å². The Morgan fingerprint density at radius 2 is 1.66 bits per heavy atom. The van der Waals surface area contributed by atoms with E-state index < -0.39 is 0 Å². The quantitative estimate of drug-likeness (QED) is 0.753. The summed E-state index contributed by atoms with van der Waals surface area (Å²) in [5.74, 6) is 0.138. The topological polar surface area (TPSA) is 40.0 Å². The lowest BCUT2D eigenvalue weighted by atomic mass is 10.0. The van der Waals surface area contributed by atoms with Crippen molar-refractivity contribution in [3.05, 3.63) is 60.2 Å². The maximum absolute atomic E-state index is 12.2. The molecule has 1 aliphatic heterocycles. The highest BCUT2D eigenvalue weighted by molar-refractivity contribution is 5.77. The van der Waals surface area contributed by atoms with Gasteiger partial charge in [0.05, 0.1) is 32.7 Å². The van der Waals surface area contributed by atoms with Crippen molar-refractivity contribution in [2.45, 2.75) is 19.9 Å². The van der Waals surface area contributed by atoms with Crippen LogP contribution in [0.3, 0.4) is 0 Å². The van der Waals surface area contributed by atoms with Crippen LogP contribution < -0.4 is 20.0 Å². The molecule has 0 bridgehead atoms. The monoisotopic (exact) mass is 395 g/mol. The van der Waals surface area contributed by atoms with Crippen molar-refractivity contribution in [2.75, 3.05) is 56.6 Å². The van der Waals surface area contributed by atoms with Crippen LogP contribution in [-0.2, 0) is 4.79 Å². The summed E-state index contributed by atoms with van der Waals surface area (Å²) in [6.45, 7) is 8.76. The van der Waals surface area contributed by atoms with Crippen LogP contribution in [0.25, 0.3) is 0 Å². The van der Waals surface area contributed by atoms with Crippen LogP contribution in [0.1, 0.15) is 25.5 Å². The van der Waals surface area contributed by atoms with Gasteiger partial charge in [0.2, 0.25) is 5.91 Å². The van der Waals surface area contributed by atoms with E-state index in [1.807, 2.05) is 13.8 Å². The number of hydrogen-bond donors (Lipinski definition) is 2. The number of amides is 1. The van der Waals surface area contributed by atoms with E-state index in [4.69, 9.17) is 0 Å². The van der Waals surface area contributed by atoms with E-state index in [1.54, 1.807) is 4.90 Å². The third kappa shape index (κ3) is 5.51. The summed E-state index contributed by atoms with van der Waals surface area (Å²) in [5, 5.41) is 3.17. The molecule has 3 rings (SSSR count). The fourth-order valence-electron chi connectivity index (χ4n) is 3.95. The molecule has 0 aliphatic carbocycles. The first-order valence-electron chi connectivity index (χ1n) is 10.6. The second-order valence-corrected chi connectivity index (χ2v) is 8.42. The third-order valence-corrected chi connectivity index (χ3v) is 5.84. The molecule has 0 unspecified atom stereocenters.